The Bertz CT molecular complexity index is 644. The van der Waals surface area contributed by atoms with Crippen LogP contribution in [0.2, 0.25) is 10.4 Å². The highest BCUT2D eigenvalue weighted by Crippen LogP contribution is 2.22. The summed E-state index contributed by atoms with van der Waals surface area (Å²) in [6, 6.07) is 6.07. The molecule has 0 radical (unpaired) electrons. The predicted molar refractivity (Wildman–Crippen MR) is 77.4 cm³/mol. The van der Waals surface area contributed by atoms with E-state index in [2.05, 4.69) is 15.3 Å². The summed E-state index contributed by atoms with van der Waals surface area (Å²) >= 11 is 11.4. The van der Waals surface area contributed by atoms with Gasteiger partial charge in [0.25, 0.3) is 5.91 Å². The Balaban J connectivity index is 2.21. The van der Waals surface area contributed by atoms with Gasteiger partial charge < -0.3 is 15.8 Å². The van der Waals surface area contributed by atoms with Gasteiger partial charge in [0.05, 0.1) is 12.8 Å². The van der Waals surface area contributed by atoms with Crippen molar-refractivity contribution < 1.29 is 9.53 Å². The Kier molecular flexibility index (Phi) is 4.26. The highest BCUT2D eigenvalue weighted by atomic mass is 35.5. The number of anilines is 2. The zero-order valence-corrected chi connectivity index (χ0v) is 11.9. The number of halogens is 2. The molecule has 0 fully saturated rings. The number of hydrogen-bond acceptors (Lipinski definition) is 5. The minimum Gasteiger partial charge on any atom is -0.495 e. The van der Waals surface area contributed by atoms with Crippen molar-refractivity contribution >= 4 is 40.6 Å². The number of nitrogens with zero attached hydrogens (tertiary/aromatic N) is 2. The van der Waals surface area contributed by atoms with Crippen LogP contribution in [0.1, 0.15) is 10.4 Å². The highest BCUT2D eigenvalue weighted by molar-refractivity contribution is 6.32. The van der Waals surface area contributed by atoms with E-state index in [0.29, 0.717) is 17.0 Å². The standard InChI is InChI=1S/C12H10Cl2N4O2/c1-20-8-3-2-6(4-7(8)15)11(19)17-10-5-9(13)16-12(14)18-10/h2-5H,15H2,1H3,(H,16,17,18,19). The summed E-state index contributed by atoms with van der Waals surface area (Å²) in [4.78, 5) is 19.6. The quantitative estimate of drug-likeness (QED) is 0.516. The normalized spacial score (nSPS) is 10.2. The fourth-order valence-corrected chi connectivity index (χ4v) is 1.93. The van der Waals surface area contributed by atoms with E-state index in [1.807, 2.05) is 0 Å². The molecule has 3 N–H and O–H groups in total. The Morgan fingerprint density at radius 1 is 1.30 bits per heavy atom. The van der Waals surface area contributed by atoms with E-state index in [4.69, 9.17) is 33.7 Å². The first-order valence-electron chi connectivity index (χ1n) is 5.44. The third-order valence-electron chi connectivity index (χ3n) is 2.40. The molecule has 0 aliphatic rings. The van der Waals surface area contributed by atoms with Crippen LogP contribution in [-0.4, -0.2) is 23.0 Å². The maximum absolute atomic E-state index is 12.0. The van der Waals surface area contributed by atoms with Gasteiger partial charge in [-0.25, -0.2) is 9.97 Å². The van der Waals surface area contributed by atoms with Crippen LogP contribution in [0.5, 0.6) is 5.75 Å². The molecule has 2 rings (SSSR count). The lowest BCUT2D eigenvalue weighted by molar-refractivity contribution is 0.102. The van der Waals surface area contributed by atoms with Crippen LogP contribution in [0.15, 0.2) is 24.3 Å². The van der Waals surface area contributed by atoms with Gasteiger partial charge in [0.15, 0.2) is 0 Å². The SMILES string of the molecule is COc1ccc(C(=O)Nc2cc(Cl)nc(Cl)n2)cc1N. The second-order valence-corrected chi connectivity index (χ2v) is 4.48. The molecule has 0 aliphatic heterocycles. The van der Waals surface area contributed by atoms with Crippen molar-refractivity contribution in [2.75, 3.05) is 18.2 Å². The van der Waals surface area contributed by atoms with Crippen LogP contribution < -0.4 is 15.8 Å². The van der Waals surface area contributed by atoms with Crippen LogP contribution in [0.3, 0.4) is 0 Å². The first kappa shape index (κ1) is 14.4. The van der Waals surface area contributed by atoms with Crippen LogP contribution in [0, 0.1) is 0 Å². The number of aromatic nitrogens is 2. The number of nitrogens with two attached hydrogens (primary N) is 1. The molecule has 0 aliphatic carbocycles. The summed E-state index contributed by atoms with van der Waals surface area (Å²) in [6.07, 6.45) is 0. The predicted octanol–water partition coefficient (Wildman–Crippen LogP) is 2.63. The van der Waals surface area contributed by atoms with Gasteiger partial charge in [-0.15, -0.1) is 0 Å². The van der Waals surface area contributed by atoms with Gasteiger partial charge in [-0.3, -0.25) is 4.79 Å². The molecule has 1 aromatic carbocycles. The zero-order valence-electron chi connectivity index (χ0n) is 10.4. The topological polar surface area (TPSA) is 90.1 Å². The summed E-state index contributed by atoms with van der Waals surface area (Å²) < 4.78 is 5.02. The Morgan fingerprint density at radius 3 is 2.65 bits per heavy atom. The summed E-state index contributed by atoms with van der Waals surface area (Å²) in [5, 5.41) is 2.63. The number of rotatable bonds is 3. The minimum absolute atomic E-state index is 0.0537. The van der Waals surface area contributed by atoms with Crippen molar-refractivity contribution in [3.05, 3.63) is 40.3 Å². The second kappa shape index (κ2) is 5.94. The van der Waals surface area contributed by atoms with Gasteiger partial charge in [-0.2, -0.15) is 0 Å². The van der Waals surface area contributed by atoms with Gasteiger partial charge in [-0.1, -0.05) is 11.6 Å². The number of carbonyl (C=O) groups excluding carboxylic acids is 1. The van der Waals surface area contributed by atoms with Crippen molar-refractivity contribution in [3.8, 4) is 5.75 Å². The van der Waals surface area contributed by atoms with Crippen LogP contribution in [0.25, 0.3) is 0 Å². The summed E-state index contributed by atoms with van der Waals surface area (Å²) in [7, 11) is 1.50. The molecule has 0 saturated carbocycles. The second-order valence-electron chi connectivity index (χ2n) is 3.76. The molecular formula is C12H10Cl2N4O2. The summed E-state index contributed by atoms with van der Waals surface area (Å²) in [6.45, 7) is 0. The number of amides is 1. The van der Waals surface area contributed by atoms with Crippen molar-refractivity contribution in [2.24, 2.45) is 0 Å². The minimum atomic E-state index is -0.398. The number of carbonyl (C=O) groups is 1. The van der Waals surface area contributed by atoms with Crippen LogP contribution in [-0.2, 0) is 0 Å². The molecule has 0 bridgehead atoms. The van der Waals surface area contributed by atoms with E-state index in [9.17, 15) is 4.79 Å². The first-order valence-corrected chi connectivity index (χ1v) is 6.20. The lowest BCUT2D eigenvalue weighted by atomic mass is 10.2. The number of benzene rings is 1. The van der Waals surface area contributed by atoms with Gasteiger partial charge in [0.2, 0.25) is 5.28 Å². The maximum atomic E-state index is 12.0. The molecule has 20 heavy (non-hydrogen) atoms. The summed E-state index contributed by atoms with van der Waals surface area (Å²) in [5.41, 5.74) is 6.45. The first-order chi connectivity index (χ1) is 9.49. The Hall–Kier alpha value is -2.05. The molecule has 2 aromatic rings. The Morgan fingerprint density at radius 2 is 2.05 bits per heavy atom. The number of nitrogen functional groups attached to an aromatic ring is 1. The lowest BCUT2D eigenvalue weighted by Gasteiger charge is -2.08. The molecule has 8 heteroatoms. The van der Waals surface area contributed by atoms with E-state index in [1.54, 1.807) is 12.1 Å². The summed E-state index contributed by atoms with van der Waals surface area (Å²) in [5.74, 6) is 0.300. The highest BCUT2D eigenvalue weighted by Gasteiger charge is 2.10. The van der Waals surface area contributed by atoms with E-state index >= 15 is 0 Å². The zero-order chi connectivity index (χ0) is 14.7. The van der Waals surface area contributed by atoms with Crippen molar-refractivity contribution in [1.29, 1.82) is 0 Å². The van der Waals surface area contributed by atoms with Crippen LogP contribution in [0.4, 0.5) is 11.5 Å². The average molecular weight is 313 g/mol. The number of hydrogen-bond donors (Lipinski definition) is 2. The van der Waals surface area contributed by atoms with Gasteiger partial charge in [0.1, 0.15) is 16.7 Å². The molecule has 6 nitrogen and oxygen atoms in total. The number of methoxy groups -OCH3 is 1. The van der Waals surface area contributed by atoms with Crippen molar-refractivity contribution in [2.45, 2.75) is 0 Å². The fraction of sp³-hybridized carbons (Fsp3) is 0.0833. The average Bonchev–Trinajstić information content (AvgIpc) is 2.37. The van der Waals surface area contributed by atoms with Crippen molar-refractivity contribution in [1.82, 2.24) is 9.97 Å². The largest absolute Gasteiger partial charge is 0.495 e. The van der Waals surface area contributed by atoms with Crippen molar-refractivity contribution in [3.63, 3.8) is 0 Å². The van der Waals surface area contributed by atoms with Gasteiger partial charge in [0, 0.05) is 11.6 Å². The molecule has 0 atom stereocenters. The van der Waals surface area contributed by atoms with E-state index in [-0.39, 0.29) is 16.3 Å². The maximum Gasteiger partial charge on any atom is 0.256 e. The lowest BCUT2D eigenvalue weighted by Crippen LogP contribution is -2.13. The molecule has 1 heterocycles. The molecule has 104 valence electrons. The molecule has 0 spiro atoms. The number of nitrogens with one attached hydrogen (secondary N) is 1. The number of ether oxygens (including phenoxy) is 1. The van der Waals surface area contributed by atoms with E-state index in [0.717, 1.165) is 0 Å². The third-order valence-corrected chi connectivity index (χ3v) is 2.76. The smallest absolute Gasteiger partial charge is 0.256 e. The molecule has 1 amide bonds. The third kappa shape index (κ3) is 3.28. The van der Waals surface area contributed by atoms with E-state index < -0.39 is 5.91 Å². The molecule has 0 unspecified atom stereocenters. The Labute approximate surface area is 124 Å². The van der Waals surface area contributed by atoms with Gasteiger partial charge in [-0.05, 0) is 29.8 Å². The molecule has 0 saturated heterocycles. The monoisotopic (exact) mass is 312 g/mol. The van der Waals surface area contributed by atoms with Gasteiger partial charge >= 0.3 is 0 Å². The molecular weight excluding hydrogens is 303 g/mol. The van der Waals surface area contributed by atoms with Crippen LogP contribution >= 0.6 is 23.2 Å². The fourth-order valence-electron chi connectivity index (χ4n) is 1.52. The molecule has 1 aromatic heterocycles. The van der Waals surface area contributed by atoms with E-state index in [1.165, 1.54) is 19.2 Å².